The summed E-state index contributed by atoms with van der Waals surface area (Å²) in [6.07, 6.45) is 0. The summed E-state index contributed by atoms with van der Waals surface area (Å²) in [6.45, 7) is 0. The monoisotopic (exact) mass is 1040 g/mol. The molecule has 6 aliphatic rings. The van der Waals surface area contributed by atoms with E-state index in [0.717, 1.165) is 39.7 Å². The number of ether oxygens (including phenoxy) is 1. The number of fused-ring (bicyclic) bond motifs is 27. The van der Waals surface area contributed by atoms with E-state index in [4.69, 9.17) is 4.74 Å². The minimum absolute atomic E-state index is 0.562. The predicted molar refractivity (Wildman–Crippen MR) is 321 cm³/mol. The predicted octanol–water partition coefficient (Wildman–Crippen LogP) is 19.3. The number of nitrogens with zero attached hydrogens (tertiary/aromatic N) is 1. The molecular formula is C75H45NOS2. The van der Waals surface area contributed by atoms with E-state index in [0.29, 0.717) is 0 Å². The molecule has 368 valence electrons. The van der Waals surface area contributed by atoms with Crippen molar-refractivity contribution >= 4 is 40.6 Å². The number of benzene rings is 12. The molecule has 0 unspecified atom stereocenters. The Morgan fingerprint density at radius 1 is 0.253 bits per heavy atom. The van der Waals surface area contributed by atoms with E-state index in [1.807, 2.05) is 23.5 Å². The second kappa shape index (κ2) is 16.0. The van der Waals surface area contributed by atoms with Crippen LogP contribution in [0.25, 0.3) is 33.4 Å². The highest BCUT2D eigenvalue weighted by Crippen LogP contribution is 2.68. The highest BCUT2D eigenvalue weighted by atomic mass is 32.2. The summed E-state index contributed by atoms with van der Waals surface area (Å²) in [5.41, 5.74) is 24.4. The summed E-state index contributed by atoms with van der Waals surface area (Å²) in [5.74, 6) is 1.77. The van der Waals surface area contributed by atoms with Crippen molar-refractivity contribution in [1.82, 2.24) is 0 Å². The van der Waals surface area contributed by atoms with Gasteiger partial charge < -0.3 is 9.64 Å². The van der Waals surface area contributed by atoms with Gasteiger partial charge in [0, 0.05) is 47.5 Å². The van der Waals surface area contributed by atoms with Crippen molar-refractivity contribution in [3.8, 4) is 44.9 Å². The number of rotatable bonds is 3. The molecule has 2 nitrogen and oxygen atoms in total. The van der Waals surface area contributed by atoms with Crippen LogP contribution < -0.4 is 9.64 Å². The average molecular weight is 1040 g/mol. The molecule has 3 aliphatic carbocycles. The maximum atomic E-state index is 6.86. The number of hydrogen-bond acceptors (Lipinski definition) is 4. The summed E-state index contributed by atoms with van der Waals surface area (Å²) >= 11 is 3.78. The molecule has 0 saturated heterocycles. The van der Waals surface area contributed by atoms with Crippen molar-refractivity contribution in [2.24, 2.45) is 0 Å². The van der Waals surface area contributed by atoms with Gasteiger partial charge in [0.2, 0.25) is 0 Å². The lowest BCUT2D eigenvalue weighted by Crippen LogP contribution is -2.32. The zero-order valence-corrected chi connectivity index (χ0v) is 44.3. The van der Waals surface area contributed by atoms with E-state index in [1.165, 1.54) is 109 Å². The van der Waals surface area contributed by atoms with Crippen LogP contribution in [0, 0.1) is 0 Å². The Kier molecular flexibility index (Phi) is 8.92. The number of hydrogen-bond donors (Lipinski definition) is 0. The Bertz CT molecular complexity index is 4310. The van der Waals surface area contributed by atoms with Gasteiger partial charge in [0.15, 0.2) is 0 Å². The maximum absolute atomic E-state index is 6.86. The first-order valence-electron chi connectivity index (χ1n) is 27.3. The van der Waals surface area contributed by atoms with Crippen molar-refractivity contribution < 1.29 is 4.74 Å². The van der Waals surface area contributed by atoms with E-state index in [9.17, 15) is 0 Å². The number of para-hydroxylation sites is 2. The largest absolute Gasteiger partial charge is 0.457 e. The van der Waals surface area contributed by atoms with Gasteiger partial charge >= 0.3 is 0 Å². The van der Waals surface area contributed by atoms with Gasteiger partial charge in [-0.15, -0.1) is 0 Å². The van der Waals surface area contributed by atoms with Crippen molar-refractivity contribution in [2.45, 2.75) is 35.8 Å². The molecule has 0 atom stereocenters. The Morgan fingerprint density at radius 2 is 0.582 bits per heavy atom. The molecule has 3 spiro atoms. The van der Waals surface area contributed by atoms with E-state index >= 15 is 0 Å². The lowest BCUT2D eigenvalue weighted by atomic mass is 9.66. The van der Waals surface area contributed by atoms with E-state index < -0.39 is 16.2 Å². The molecule has 3 aliphatic heterocycles. The van der Waals surface area contributed by atoms with E-state index in [1.54, 1.807) is 0 Å². The molecule has 0 N–H and O–H groups in total. The molecular weight excluding hydrogens is 995 g/mol. The average Bonchev–Trinajstić information content (AvgIpc) is 3.60. The van der Waals surface area contributed by atoms with Crippen LogP contribution >= 0.6 is 23.5 Å². The van der Waals surface area contributed by atoms with Crippen molar-refractivity contribution in [3.63, 3.8) is 0 Å². The Hall–Kier alpha value is -9.06. The van der Waals surface area contributed by atoms with Gasteiger partial charge in [-0.1, -0.05) is 236 Å². The highest BCUT2D eigenvalue weighted by molar-refractivity contribution is 7.99. The van der Waals surface area contributed by atoms with Crippen LogP contribution in [0.5, 0.6) is 11.5 Å². The zero-order valence-electron chi connectivity index (χ0n) is 42.7. The van der Waals surface area contributed by atoms with Crippen molar-refractivity contribution in [3.05, 3.63) is 340 Å². The minimum Gasteiger partial charge on any atom is -0.457 e. The maximum Gasteiger partial charge on any atom is 0.132 e. The number of anilines is 3. The molecule has 0 saturated carbocycles. The van der Waals surface area contributed by atoms with Gasteiger partial charge in [-0.2, -0.15) is 0 Å². The first-order valence-corrected chi connectivity index (χ1v) is 29.0. The van der Waals surface area contributed by atoms with Gasteiger partial charge in [0.05, 0.1) is 27.6 Å². The molecule has 3 heterocycles. The Balaban J connectivity index is 0.984. The zero-order chi connectivity index (χ0) is 51.6. The van der Waals surface area contributed by atoms with Gasteiger partial charge in [-0.05, 0) is 139 Å². The van der Waals surface area contributed by atoms with Gasteiger partial charge in [0.1, 0.15) is 11.5 Å². The van der Waals surface area contributed by atoms with Crippen LogP contribution in [0.15, 0.2) is 293 Å². The van der Waals surface area contributed by atoms with Crippen molar-refractivity contribution in [2.75, 3.05) is 4.90 Å². The standard InChI is InChI=1S/C75H45NOS2/c1-4-24-51-47(21-1)48-44-43-46(45-62(48)75(51)58-31-11-17-41-69(58)79-70-42-18-12-32-59(70)75)76(63-35-19-33-60-71(63)49-22-2-5-25-52(49)73(60)54-27-7-13-37-65(54)77-66-38-14-8-28-55(66)73)64-36-20-34-61-72(64)50-23-3-6-26-53(50)74(61)56-29-9-15-39-67(56)78-68-40-16-10-30-57(68)74/h1-45H. The summed E-state index contributed by atoms with van der Waals surface area (Å²) in [5, 5.41) is 0. The van der Waals surface area contributed by atoms with Crippen molar-refractivity contribution in [1.29, 1.82) is 0 Å². The van der Waals surface area contributed by atoms with Crippen LogP contribution in [0.2, 0.25) is 0 Å². The molecule has 0 amide bonds. The summed E-state index contributed by atoms with van der Waals surface area (Å²) in [6, 6.07) is 103. The van der Waals surface area contributed by atoms with Gasteiger partial charge in [0.25, 0.3) is 0 Å². The third kappa shape index (κ3) is 5.41. The van der Waals surface area contributed by atoms with Crippen LogP contribution in [0.3, 0.4) is 0 Å². The smallest absolute Gasteiger partial charge is 0.132 e. The molecule has 4 heteroatoms. The lowest BCUT2D eigenvalue weighted by molar-refractivity contribution is 0.436. The summed E-state index contributed by atoms with van der Waals surface area (Å²) in [7, 11) is 0. The first-order chi connectivity index (χ1) is 39.2. The normalized spacial score (nSPS) is 15.4. The fourth-order valence-corrected chi connectivity index (χ4v) is 17.9. The third-order valence-electron chi connectivity index (χ3n) is 18.3. The molecule has 12 aromatic carbocycles. The topological polar surface area (TPSA) is 12.5 Å². The third-order valence-corrected chi connectivity index (χ3v) is 20.6. The molecule has 0 radical (unpaired) electrons. The molecule has 0 fully saturated rings. The fourth-order valence-electron chi connectivity index (χ4n) is 15.5. The van der Waals surface area contributed by atoms with Gasteiger partial charge in [-0.25, -0.2) is 0 Å². The molecule has 18 rings (SSSR count). The summed E-state index contributed by atoms with van der Waals surface area (Å²) < 4.78 is 6.86. The van der Waals surface area contributed by atoms with Crippen LogP contribution in [-0.4, -0.2) is 0 Å². The molecule has 0 bridgehead atoms. The quantitative estimate of drug-likeness (QED) is 0.175. The molecule has 12 aromatic rings. The fraction of sp³-hybridized carbons (Fsp3) is 0.0400. The second-order valence-corrected chi connectivity index (χ2v) is 23.8. The highest BCUT2D eigenvalue weighted by Gasteiger charge is 2.55. The van der Waals surface area contributed by atoms with Gasteiger partial charge in [-0.3, -0.25) is 0 Å². The summed E-state index contributed by atoms with van der Waals surface area (Å²) in [4.78, 5) is 7.82. The van der Waals surface area contributed by atoms with E-state index in [2.05, 4.69) is 278 Å². The van der Waals surface area contributed by atoms with Crippen LogP contribution in [0.4, 0.5) is 17.1 Å². The Labute approximate surface area is 467 Å². The Morgan fingerprint density at radius 3 is 1.05 bits per heavy atom. The van der Waals surface area contributed by atoms with E-state index in [-0.39, 0.29) is 0 Å². The SMILES string of the molecule is c1ccc2c(c1)Oc1ccccc1C21c2ccccc2-c2c(N(c3ccc4c(c3)C3(c5ccccc5Sc5ccccc53)c3ccccc3-4)c3cccc4c3-c3ccccc3C43c4ccccc4Sc4ccccc43)cccc21. The van der Waals surface area contributed by atoms with Crippen LogP contribution in [0.1, 0.15) is 66.8 Å². The van der Waals surface area contributed by atoms with Crippen LogP contribution in [-0.2, 0) is 16.2 Å². The second-order valence-electron chi connectivity index (χ2n) is 21.6. The lowest BCUT2D eigenvalue weighted by Gasteiger charge is -2.40. The molecule has 79 heavy (non-hydrogen) atoms. The molecule has 0 aromatic heterocycles. The first kappa shape index (κ1) is 44.0. The minimum atomic E-state index is -0.654.